The Morgan fingerprint density at radius 1 is 1.25 bits per heavy atom. The van der Waals surface area contributed by atoms with Crippen molar-refractivity contribution in [1.82, 2.24) is 9.97 Å². The summed E-state index contributed by atoms with van der Waals surface area (Å²) in [6.45, 7) is 1.97. The van der Waals surface area contributed by atoms with Gasteiger partial charge in [-0.15, -0.1) is 0 Å². The van der Waals surface area contributed by atoms with Gasteiger partial charge in [0.15, 0.2) is 5.82 Å². The van der Waals surface area contributed by atoms with Gasteiger partial charge in [-0.2, -0.15) is 0 Å². The first kappa shape index (κ1) is 14.0. The van der Waals surface area contributed by atoms with Crippen molar-refractivity contribution in [2.45, 2.75) is 13.3 Å². The Kier molecular flexibility index (Phi) is 3.98. The molecule has 0 saturated carbocycles. The van der Waals surface area contributed by atoms with Crippen molar-refractivity contribution in [3.63, 3.8) is 0 Å². The Labute approximate surface area is 117 Å². The van der Waals surface area contributed by atoms with E-state index in [1.165, 1.54) is 0 Å². The van der Waals surface area contributed by atoms with Crippen LogP contribution in [0.25, 0.3) is 11.4 Å². The second-order valence-corrected chi connectivity index (χ2v) is 4.86. The number of rotatable bonds is 4. The Bertz CT molecular complexity index is 622. The van der Waals surface area contributed by atoms with Gasteiger partial charge >= 0.3 is 5.97 Å². The van der Waals surface area contributed by atoms with Gasteiger partial charge in [0.1, 0.15) is 5.82 Å². The lowest BCUT2D eigenvalue weighted by atomic mass is 10.1. The first-order chi connectivity index (χ1) is 9.47. The minimum absolute atomic E-state index is 0.0258. The Balaban J connectivity index is 2.32. The van der Waals surface area contributed by atoms with E-state index in [9.17, 15) is 4.79 Å². The molecule has 104 valence electrons. The van der Waals surface area contributed by atoms with E-state index >= 15 is 0 Å². The van der Waals surface area contributed by atoms with Gasteiger partial charge in [-0.3, -0.25) is 4.79 Å². The molecule has 0 amide bonds. The van der Waals surface area contributed by atoms with Gasteiger partial charge in [-0.1, -0.05) is 24.3 Å². The molecule has 0 aliphatic rings. The molecule has 2 rings (SSSR count). The summed E-state index contributed by atoms with van der Waals surface area (Å²) in [6.07, 6.45) is 1.82. The van der Waals surface area contributed by atoms with Gasteiger partial charge in [-0.25, -0.2) is 9.97 Å². The zero-order valence-corrected chi connectivity index (χ0v) is 11.8. The summed E-state index contributed by atoms with van der Waals surface area (Å²) >= 11 is 0. The third kappa shape index (κ3) is 3.12. The van der Waals surface area contributed by atoms with Crippen LogP contribution in [0, 0.1) is 6.92 Å². The number of hydrogen-bond donors (Lipinski definition) is 1. The highest BCUT2D eigenvalue weighted by Gasteiger charge is 2.08. The van der Waals surface area contributed by atoms with Gasteiger partial charge in [0.05, 0.1) is 6.42 Å². The molecule has 0 fully saturated rings. The molecule has 5 heteroatoms. The minimum Gasteiger partial charge on any atom is -0.481 e. The molecule has 0 saturated heterocycles. The van der Waals surface area contributed by atoms with E-state index in [2.05, 4.69) is 9.97 Å². The van der Waals surface area contributed by atoms with Crippen LogP contribution in [-0.2, 0) is 11.2 Å². The molecule has 1 aromatic carbocycles. The number of carbonyl (C=O) groups is 1. The largest absolute Gasteiger partial charge is 0.481 e. The molecule has 1 heterocycles. The molecule has 0 aliphatic heterocycles. The molecular weight excluding hydrogens is 254 g/mol. The SMILES string of the molecule is Cc1cnc(-c2ccc(CC(=O)O)cc2)nc1N(C)C. The average Bonchev–Trinajstić information content (AvgIpc) is 2.39. The number of aromatic nitrogens is 2. The Morgan fingerprint density at radius 3 is 2.45 bits per heavy atom. The highest BCUT2D eigenvalue weighted by atomic mass is 16.4. The molecule has 20 heavy (non-hydrogen) atoms. The highest BCUT2D eigenvalue weighted by molar-refractivity contribution is 5.70. The number of nitrogens with zero attached hydrogens (tertiary/aromatic N) is 3. The van der Waals surface area contributed by atoms with E-state index in [1.807, 2.05) is 38.1 Å². The molecule has 0 unspecified atom stereocenters. The maximum Gasteiger partial charge on any atom is 0.307 e. The summed E-state index contributed by atoms with van der Waals surface area (Å²) in [6, 6.07) is 7.29. The van der Waals surface area contributed by atoms with Crippen LogP contribution >= 0.6 is 0 Å². The van der Waals surface area contributed by atoms with Crippen molar-refractivity contribution in [3.8, 4) is 11.4 Å². The van der Waals surface area contributed by atoms with Crippen molar-refractivity contribution in [3.05, 3.63) is 41.6 Å². The van der Waals surface area contributed by atoms with E-state index in [0.29, 0.717) is 5.82 Å². The molecule has 0 aliphatic carbocycles. The molecule has 0 spiro atoms. The average molecular weight is 271 g/mol. The number of carboxylic acid groups (broad SMARTS) is 1. The lowest BCUT2D eigenvalue weighted by Crippen LogP contribution is -2.13. The third-order valence-corrected chi connectivity index (χ3v) is 2.94. The number of aliphatic carboxylic acids is 1. The zero-order chi connectivity index (χ0) is 14.7. The van der Waals surface area contributed by atoms with E-state index in [-0.39, 0.29) is 6.42 Å². The topological polar surface area (TPSA) is 66.3 Å². The molecule has 1 N–H and O–H groups in total. The first-order valence-electron chi connectivity index (χ1n) is 6.29. The fourth-order valence-electron chi connectivity index (χ4n) is 1.97. The van der Waals surface area contributed by atoms with Crippen LogP contribution < -0.4 is 4.90 Å². The van der Waals surface area contributed by atoms with Crippen LogP contribution in [0.1, 0.15) is 11.1 Å². The minimum atomic E-state index is -0.834. The fraction of sp³-hybridized carbons (Fsp3) is 0.267. The fourth-order valence-corrected chi connectivity index (χ4v) is 1.97. The van der Waals surface area contributed by atoms with Gasteiger partial charge in [-0.05, 0) is 12.5 Å². The molecule has 0 radical (unpaired) electrons. The van der Waals surface area contributed by atoms with E-state index in [0.717, 1.165) is 22.5 Å². The van der Waals surface area contributed by atoms with Gasteiger partial charge < -0.3 is 10.0 Å². The molecule has 1 aromatic heterocycles. The van der Waals surface area contributed by atoms with Crippen LogP contribution in [0.3, 0.4) is 0 Å². The quantitative estimate of drug-likeness (QED) is 0.923. The number of aryl methyl sites for hydroxylation is 1. The molecule has 5 nitrogen and oxygen atoms in total. The smallest absolute Gasteiger partial charge is 0.307 e. The van der Waals surface area contributed by atoms with Crippen LogP contribution in [0.5, 0.6) is 0 Å². The summed E-state index contributed by atoms with van der Waals surface area (Å²) in [4.78, 5) is 21.5. The van der Waals surface area contributed by atoms with Gasteiger partial charge in [0.25, 0.3) is 0 Å². The lowest BCUT2D eigenvalue weighted by molar-refractivity contribution is -0.136. The number of anilines is 1. The van der Waals surface area contributed by atoms with Gasteiger partial charge in [0.2, 0.25) is 0 Å². The predicted molar refractivity (Wildman–Crippen MR) is 77.9 cm³/mol. The van der Waals surface area contributed by atoms with Crippen LogP contribution in [0.4, 0.5) is 5.82 Å². The second kappa shape index (κ2) is 5.69. The highest BCUT2D eigenvalue weighted by Crippen LogP contribution is 2.20. The van der Waals surface area contributed by atoms with E-state index < -0.39 is 5.97 Å². The first-order valence-corrected chi connectivity index (χ1v) is 6.29. The summed E-state index contributed by atoms with van der Waals surface area (Å²) in [7, 11) is 3.88. The molecule has 2 aromatic rings. The monoisotopic (exact) mass is 271 g/mol. The summed E-state index contributed by atoms with van der Waals surface area (Å²) in [5, 5.41) is 8.75. The lowest BCUT2D eigenvalue weighted by Gasteiger charge is -2.14. The van der Waals surface area contributed by atoms with E-state index in [4.69, 9.17) is 5.11 Å². The standard InChI is InChI=1S/C15H17N3O2/c1-10-9-16-14(17-15(10)18(2)3)12-6-4-11(5-7-12)8-13(19)20/h4-7,9H,8H2,1-3H3,(H,19,20). The van der Waals surface area contributed by atoms with Crippen molar-refractivity contribution < 1.29 is 9.90 Å². The molecular formula is C15H17N3O2. The summed E-state index contributed by atoms with van der Waals surface area (Å²) in [5.74, 6) is 0.685. The van der Waals surface area contributed by atoms with Crippen molar-refractivity contribution >= 4 is 11.8 Å². The predicted octanol–water partition coefficient (Wildman–Crippen LogP) is 2.15. The number of carboxylic acids is 1. The summed E-state index contributed by atoms with van der Waals surface area (Å²) < 4.78 is 0. The van der Waals surface area contributed by atoms with Crippen molar-refractivity contribution in [2.75, 3.05) is 19.0 Å². The summed E-state index contributed by atoms with van der Waals surface area (Å²) in [5.41, 5.74) is 2.66. The van der Waals surface area contributed by atoms with Crippen molar-refractivity contribution in [1.29, 1.82) is 0 Å². The van der Waals surface area contributed by atoms with Crippen LogP contribution in [-0.4, -0.2) is 35.1 Å². The van der Waals surface area contributed by atoms with Crippen LogP contribution in [0.2, 0.25) is 0 Å². The number of benzene rings is 1. The van der Waals surface area contributed by atoms with Gasteiger partial charge in [0, 0.05) is 31.4 Å². The molecule has 0 atom stereocenters. The second-order valence-electron chi connectivity index (χ2n) is 4.86. The zero-order valence-electron chi connectivity index (χ0n) is 11.8. The maximum absolute atomic E-state index is 10.7. The van der Waals surface area contributed by atoms with E-state index in [1.54, 1.807) is 18.3 Å². The normalized spacial score (nSPS) is 10.3. The third-order valence-electron chi connectivity index (χ3n) is 2.94. The van der Waals surface area contributed by atoms with Crippen molar-refractivity contribution in [2.24, 2.45) is 0 Å². The Morgan fingerprint density at radius 2 is 1.90 bits per heavy atom. The van der Waals surface area contributed by atoms with Crippen LogP contribution in [0.15, 0.2) is 30.5 Å². The maximum atomic E-state index is 10.7. The molecule has 0 bridgehead atoms. The number of hydrogen-bond acceptors (Lipinski definition) is 4. The Hall–Kier alpha value is -2.43.